The maximum atomic E-state index is 12.3. The Hall–Kier alpha value is -2.18. The van der Waals surface area contributed by atoms with Gasteiger partial charge < -0.3 is 19.3 Å². The van der Waals surface area contributed by atoms with Crippen molar-refractivity contribution in [3.05, 3.63) is 42.2 Å². The minimum atomic E-state index is -0.309. The molecule has 1 N–H and O–H groups in total. The molecule has 0 aliphatic heterocycles. The average Bonchev–Trinajstić information content (AvgIpc) is 3.01. The van der Waals surface area contributed by atoms with Crippen molar-refractivity contribution in [3.63, 3.8) is 0 Å². The third-order valence-electron chi connectivity index (χ3n) is 3.01. The second-order valence-corrected chi connectivity index (χ2v) is 4.45. The zero-order chi connectivity index (χ0) is 15.1. The number of benzene rings is 1. The van der Waals surface area contributed by atoms with Crippen LogP contribution in [0.15, 0.2) is 40.9 Å². The summed E-state index contributed by atoms with van der Waals surface area (Å²) in [5.74, 6) is -0.158. The molecule has 1 heterocycles. The lowest BCUT2D eigenvalue weighted by Crippen LogP contribution is -2.36. The number of carbonyl (C=O) groups is 1. The molecule has 21 heavy (non-hydrogen) atoms. The van der Waals surface area contributed by atoms with E-state index in [1.165, 1.54) is 4.90 Å². The van der Waals surface area contributed by atoms with Gasteiger partial charge in [-0.15, -0.1) is 0 Å². The Kier molecular flexibility index (Phi) is 5.48. The van der Waals surface area contributed by atoms with Crippen LogP contribution in [-0.4, -0.2) is 54.5 Å². The molecular formula is C15H18N2O4. The topological polar surface area (TPSA) is 75.8 Å². The molecule has 2 aromatic rings. The van der Waals surface area contributed by atoms with Crippen molar-refractivity contribution in [1.29, 1.82) is 0 Å². The highest BCUT2D eigenvalue weighted by atomic mass is 16.5. The van der Waals surface area contributed by atoms with E-state index in [2.05, 4.69) is 5.16 Å². The summed E-state index contributed by atoms with van der Waals surface area (Å²) >= 11 is 0. The van der Waals surface area contributed by atoms with E-state index >= 15 is 0 Å². The highest BCUT2D eigenvalue weighted by molar-refractivity contribution is 5.92. The fourth-order valence-corrected chi connectivity index (χ4v) is 1.91. The van der Waals surface area contributed by atoms with E-state index in [4.69, 9.17) is 14.4 Å². The summed E-state index contributed by atoms with van der Waals surface area (Å²) in [6.45, 7) is 0.890. The van der Waals surface area contributed by atoms with Gasteiger partial charge in [0.2, 0.25) is 5.76 Å². The van der Waals surface area contributed by atoms with Crippen molar-refractivity contribution < 1.29 is 19.2 Å². The number of aliphatic hydroxyl groups excluding tert-OH is 1. The van der Waals surface area contributed by atoms with Crippen LogP contribution in [0.1, 0.15) is 10.6 Å². The van der Waals surface area contributed by atoms with Gasteiger partial charge in [-0.25, -0.2) is 0 Å². The Morgan fingerprint density at radius 1 is 1.33 bits per heavy atom. The van der Waals surface area contributed by atoms with Crippen LogP contribution in [0.5, 0.6) is 0 Å². The first kappa shape index (κ1) is 15.2. The van der Waals surface area contributed by atoms with Gasteiger partial charge in [0, 0.05) is 31.8 Å². The fraction of sp³-hybridized carbons (Fsp3) is 0.333. The van der Waals surface area contributed by atoms with Crippen molar-refractivity contribution in [3.8, 4) is 11.3 Å². The van der Waals surface area contributed by atoms with Crippen molar-refractivity contribution in [2.45, 2.75) is 0 Å². The minimum Gasteiger partial charge on any atom is -0.395 e. The molecule has 0 saturated heterocycles. The summed E-state index contributed by atoms with van der Waals surface area (Å²) in [4.78, 5) is 13.8. The number of hydrogen-bond donors (Lipinski definition) is 1. The minimum absolute atomic E-state index is 0.116. The molecule has 0 unspecified atom stereocenters. The number of amides is 1. The molecule has 1 amide bonds. The van der Waals surface area contributed by atoms with E-state index in [1.54, 1.807) is 13.2 Å². The normalized spacial score (nSPS) is 10.6. The largest absolute Gasteiger partial charge is 0.395 e. The van der Waals surface area contributed by atoms with Crippen LogP contribution in [0.4, 0.5) is 0 Å². The highest BCUT2D eigenvalue weighted by Gasteiger charge is 2.20. The SMILES string of the molecule is COCCN(CCO)C(=O)c1cc(-c2ccccc2)no1. The van der Waals surface area contributed by atoms with Crippen LogP contribution < -0.4 is 0 Å². The predicted molar refractivity (Wildman–Crippen MR) is 76.8 cm³/mol. The summed E-state index contributed by atoms with van der Waals surface area (Å²) in [7, 11) is 1.56. The smallest absolute Gasteiger partial charge is 0.292 e. The Morgan fingerprint density at radius 2 is 2.10 bits per heavy atom. The Morgan fingerprint density at radius 3 is 2.76 bits per heavy atom. The zero-order valence-corrected chi connectivity index (χ0v) is 11.9. The number of carbonyl (C=O) groups excluding carboxylic acids is 1. The van der Waals surface area contributed by atoms with Crippen LogP contribution in [0.2, 0.25) is 0 Å². The summed E-state index contributed by atoms with van der Waals surface area (Å²) in [6, 6.07) is 11.1. The molecule has 0 atom stereocenters. The van der Waals surface area contributed by atoms with Gasteiger partial charge in [-0.2, -0.15) is 0 Å². The number of aliphatic hydroxyl groups is 1. The molecular weight excluding hydrogens is 272 g/mol. The molecule has 0 radical (unpaired) electrons. The van der Waals surface area contributed by atoms with Gasteiger partial charge in [0.15, 0.2) is 0 Å². The maximum absolute atomic E-state index is 12.3. The molecule has 0 aliphatic carbocycles. The number of methoxy groups -OCH3 is 1. The summed E-state index contributed by atoms with van der Waals surface area (Å²) in [5, 5.41) is 12.9. The number of nitrogens with zero attached hydrogens (tertiary/aromatic N) is 2. The van der Waals surface area contributed by atoms with Gasteiger partial charge in [0.05, 0.1) is 13.2 Å². The second-order valence-electron chi connectivity index (χ2n) is 4.45. The average molecular weight is 290 g/mol. The summed E-state index contributed by atoms with van der Waals surface area (Å²) < 4.78 is 10.1. The Bertz CT molecular complexity index is 568. The van der Waals surface area contributed by atoms with Crippen molar-refractivity contribution in [2.24, 2.45) is 0 Å². The molecule has 1 aromatic carbocycles. The van der Waals surface area contributed by atoms with Crippen LogP contribution in [0, 0.1) is 0 Å². The van der Waals surface area contributed by atoms with Gasteiger partial charge in [-0.1, -0.05) is 35.5 Å². The molecule has 1 aromatic heterocycles. The van der Waals surface area contributed by atoms with Crippen LogP contribution in [0.3, 0.4) is 0 Å². The molecule has 0 spiro atoms. The second kappa shape index (κ2) is 7.56. The molecule has 6 heteroatoms. The number of aromatic nitrogens is 1. The lowest BCUT2D eigenvalue weighted by atomic mass is 10.1. The Labute approximate surface area is 122 Å². The van der Waals surface area contributed by atoms with E-state index in [9.17, 15) is 4.79 Å². The number of hydrogen-bond acceptors (Lipinski definition) is 5. The lowest BCUT2D eigenvalue weighted by Gasteiger charge is -2.19. The molecule has 112 valence electrons. The van der Waals surface area contributed by atoms with E-state index < -0.39 is 0 Å². The first-order valence-corrected chi connectivity index (χ1v) is 6.67. The summed E-state index contributed by atoms with van der Waals surface area (Å²) in [5.41, 5.74) is 1.49. The third-order valence-corrected chi connectivity index (χ3v) is 3.01. The molecule has 0 saturated carbocycles. The monoisotopic (exact) mass is 290 g/mol. The maximum Gasteiger partial charge on any atom is 0.292 e. The van der Waals surface area contributed by atoms with Crippen molar-refractivity contribution in [1.82, 2.24) is 10.1 Å². The van der Waals surface area contributed by atoms with Gasteiger partial charge in [-0.05, 0) is 0 Å². The van der Waals surface area contributed by atoms with Crippen molar-refractivity contribution in [2.75, 3.05) is 33.4 Å². The lowest BCUT2D eigenvalue weighted by molar-refractivity contribution is 0.0617. The number of rotatable bonds is 7. The Balaban J connectivity index is 2.13. The molecule has 0 fully saturated rings. The van der Waals surface area contributed by atoms with E-state index in [1.807, 2.05) is 30.3 Å². The number of ether oxygens (including phenoxy) is 1. The van der Waals surface area contributed by atoms with E-state index in [0.29, 0.717) is 18.8 Å². The third kappa shape index (κ3) is 3.90. The first-order valence-electron chi connectivity index (χ1n) is 6.67. The quantitative estimate of drug-likeness (QED) is 0.834. The van der Waals surface area contributed by atoms with Gasteiger partial charge in [-0.3, -0.25) is 4.79 Å². The highest BCUT2D eigenvalue weighted by Crippen LogP contribution is 2.19. The van der Waals surface area contributed by atoms with Crippen LogP contribution >= 0.6 is 0 Å². The summed E-state index contributed by atoms with van der Waals surface area (Å²) in [6.07, 6.45) is 0. The standard InChI is InChI=1S/C15H18N2O4/c1-20-10-8-17(7-9-18)15(19)14-11-13(16-21-14)12-5-3-2-4-6-12/h2-6,11,18H,7-10H2,1H3. The molecule has 6 nitrogen and oxygen atoms in total. The molecule has 2 rings (SSSR count). The van der Waals surface area contributed by atoms with Crippen LogP contribution in [0.25, 0.3) is 11.3 Å². The van der Waals surface area contributed by atoms with Crippen LogP contribution in [-0.2, 0) is 4.74 Å². The first-order chi connectivity index (χ1) is 10.3. The van der Waals surface area contributed by atoms with Gasteiger partial charge in [0.1, 0.15) is 5.69 Å². The van der Waals surface area contributed by atoms with Crippen molar-refractivity contribution >= 4 is 5.91 Å². The molecule has 0 aliphatic rings. The van der Waals surface area contributed by atoms with E-state index in [0.717, 1.165) is 5.56 Å². The fourth-order valence-electron chi connectivity index (χ4n) is 1.91. The van der Waals surface area contributed by atoms with E-state index in [-0.39, 0.29) is 24.8 Å². The predicted octanol–water partition coefficient (Wildman–Crippen LogP) is 1.42. The van der Waals surface area contributed by atoms with Gasteiger partial charge >= 0.3 is 0 Å². The zero-order valence-electron chi connectivity index (χ0n) is 11.9. The molecule has 0 bridgehead atoms. The van der Waals surface area contributed by atoms with Gasteiger partial charge in [0.25, 0.3) is 5.91 Å².